The van der Waals surface area contributed by atoms with Crippen molar-refractivity contribution in [2.24, 2.45) is 5.92 Å². The number of rotatable bonds is 4. The predicted octanol–water partition coefficient (Wildman–Crippen LogP) is 2.52. The van der Waals surface area contributed by atoms with Crippen molar-refractivity contribution in [3.63, 3.8) is 0 Å². The van der Waals surface area contributed by atoms with Crippen molar-refractivity contribution in [1.82, 2.24) is 5.32 Å². The van der Waals surface area contributed by atoms with Crippen LogP contribution in [0.1, 0.15) is 40.5 Å². The SMILES string of the molecule is CC1(C)OB(c2ccc(NC(=O)NCC3CC3)cc2)OC1(C)C. The van der Waals surface area contributed by atoms with Gasteiger partial charge in [-0.3, -0.25) is 0 Å². The van der Waals surface area contributed by atoms with E-state index >= 15 is 0 Å². The van der Waals surface area contributed by atoms with Crippen LogP contribution in [0.3, 0.4) is 0 Å². The Morgan fingerprint density at radius 1 is 1.13 bits per heavy atom. The van der Waals surface area contributed by atoms with Gasteiger partial charge in [0.1, 0.15) is 0 Å². The summed E-state index contributed by atoms with van der Waals surface area (Å²) in [5, 5.41) is 5.73. The van der Waals surface area contributed by atoms with Crippen LogP contribution < -0.4 is 16.1 Å². The summed E-state index contributed by atoms with van der Waals surface area (Å²) < 4.78 is 12.0. The molecule has 1 heterocycles. The van der Waals surface area contributed by atoms with E-state index in [2.05, 4.69) is 10.6 Å². The van der Waals surface area contributed by atoms with E-state index in [4.69, 9.17) is 9.31 Å². The molecule has 1 saturated heterocycles. The van der Waals surface area contributed by atoms with E-state index in [1.165, 1.54) is 12.8 Å². The Morgan fingerprint density at radius 2 is 1.70 bits per heavy atom. The van der Waals surface area contributed by atoms with Crippen LogP contribution in [0.4, 0.5) is 10.5 Å². The molecule has 0 atom stereocenters. The molecule has 0 spiro atoms. The monoisotopic (exact) mass is 316 g/mol. The summed E-state index contributed by atoms with van der Waals surface area (Å²) in [4.78, 5) is 11.8. The number of carbonyl (C=O) groups excluding carboxylic acids is 1. The number of hydrogen-bond acceptors (Lipinski definition) is 3. The lowest BCUT2D eigenvalue weighted by atomic mass is 9.79. The Balaban J connectivity index is 1.58. The van der Waals surface area contributed by atoms with Crippen molar-refractivity contribution in [2.75, 3.05) is 11.9 Å². The van der Waals surface area contributed by atoms with Crippen molar-refractivity contribution >= 4 is 24.3 Å². The normalized spacial score (nSPS) is 22.0. The molecule has 124 valence electrons. The molecular weight excluding hydrogens is 291 g/mol. The standard InChI is InChI=1S/C17H25BN2O3/c1-16(2)17(3,4)23-18(22-16)13-7-9-14(10-8-13)20-15(21)19-11-12-5-6-12/h7-10,12H,5-6,11H2,1-4H3,(H2,19,20,21). The van der Waals surface area contributed by atoms with E-state index in [1.54, 1.807) is 0 Å². The van der Waals surface area contributed by atoms with Crippen molar-refractivity contribution in [2.45, 2.75) is 51.7 Å². The third-order valence-electron chi connectivity index (χ3n) is 4.94. The summed E-state index contributed by atoms with van der Waals surface area (Å²) in [6.07, 6.45) is 2.45. The fraction of sp³-hybridized carbons (Fsp3) is 0.588. The molecule has 6 heteroatoms. The molecule has 3 rings (SSSR count). The first-order valence-electron chi connectivity index (χ1n) is 8.27. The molecule has 1 aromatic carbocycles. The average Bonchev–Trinajstić information content (AvgIpc) is 3.25. The highest BCUT2D eigenvalue weighted by Crippen LogP contribution is 2.36. The number of hydrogen-bond donors (Lipinski definition) is 2. The van der Waals surface area contributed by atoms with Gasteiger partial charge in [-0.25, -0.2) is 4.79 Å². The minimum absolute atomic E-state index is 0.153. The summed E-state index contributed by atoms with van der Waals surface area (Å²) in [5.74, 6) is 0.673. The van der Waals surface area contributed by atoms with E-state index in [9.17, 15) is 4.79 Å². The second-order valence-corrected chi connectivity index (χ2v) is 7.49. The lowest BCUT2D eigenvalue weighted by molar-refractivity contribution is 0.00578. The van der Waals surface area contributed by atoms with E-state index in [0.29, 0.717) is 5.92 Å². The summed E-state index contributed by atoms with van der Waals surface area (Å²) in [6.45, 7) is 8.90. The Kier molecular flexibility index (Phi) is 4.15. The van der Waals surface area contributed by atoms with E-state index in [1.807, 2.05) is 52.0 Å². The van der Waals surface area contributed by atoms with Crippen molar-refractivity contribution in [3.05, 3.63) is 24.3 Å². The second-order valence-electron chi connectivity index (χ2n) is 7.49. The lowest BCUT2D eigenvalue weighted by Crippen LogP contribution is -2.41. The average molecular weight is 316 g/mol. The zero-order valence-corrected chi connectivity index (χ0v) is 14.3. The number of amides is 2. The molecule has 5 nitrogen and oxygen atoms in total. The van der Waals surface area contributed by atoms with Crippen LogP contribution in [0.25, 0.3) is 0 Å². The Hall–Kier alpha value is -1.53. The molecule has 1 aliphatic carbocycles. The molecule has 0 radical (unpaired) electrons. The highest BCUT2D eigenvalue weighted by molar-refractivity contribution is 6.62. The van der Waals surface area contributed by atoms with Crippen LogP contribution in [0, 0.1) is 5.92 Å². The van der Waals surface area contributed by atoms with Gasteiger partial charge in [-0.2, -0.15) is 0 Å². The van der Waals surface area contributed by atoms with E-state index < -0.39 is 0 Å². The van der Waals surface area contributed by atoms with Crippen LogP contribution in [0.15, 0.2) is 24.3 Å². The van der Waals surface area contributed by atoms with Gasteiger partial charge in [0, 0.05) is 12.2 Å². The number of anilines is 1. The number of urea groups is 1. The molecule has 2 fully saturated rings. The summed E-state index contributed by atoms with van der Waals surface area (Å²) in [5.41, 5.74) is 1.01. The summed E-state index contributed by atoms with van der Waals surface area (Å²) in [7, 11) is -0.377. The number of benzene rings is 1. The maximum atomic E-state index is 11.8. The molecule has 1 aromatic rings. The van der Waals surface area contributed by atoms with Crippen LogP contribution in [-0.4, -0.2) is 30.9 Å². The first-order valence-corrected chi connectivity index (χ1v) is 8.27. The molecule has 2 aliphatic rings. The lowest BCUT2D eigenvalue weighted by Gasteiger charge is -2.32. The van der Waals surface area contributed by atoms with E-state index in [0.717, 1.165) is 17.7 Å². The zero-order chi connectivity index (χ0) is 16.7. The molecule has 0 bridgehead atoms. The molecule has 1 aliphatic heterocycles. The maximum absolute atomic E-state index is 11.8. The molecule has 0 unspecified atom stereocenters. The van der Waals surface area contributed by atoms with Gasteiger partial charge in [0.15, 0.2) is 0 Å². The van der Waals surface area contributed by atoms with Crippen molar-refractivity contribution < 1.29 is 14.1 Å². The van der Waals surface area contributed by atoms with E-state index in [-0.39, 0.29) is 24.4 Å². The molecule has 2 N–H and O–H groups in total. The minimum Gasteiger partial charge on any atom is -0.399 e. The maximum Gasteiger partial charge on any atom is 0.494 e. The Morgan fingerprint density at radius 3 is 2.22 bits per heavy atom. The van der Waals surface area contributed by atoms with Gasteiger partial charge in [-0.1, -0.05) is 12.1 Å². The Bertz CT molecular complexity index is 566. The quantitative estimate of drug-likeness (QED) is 0.839. The fourth-order valence-electron chi connectivity index (χ4n) is 2.44. The molecule has 2 amide bonds. The molecule has 0 aromatic heterocycles. The third-order valence-corrected chi connectivity index (χ3v) is 4.94. The van der Waals surface area contributed by atoms with Gasteiger partial charge in [0.25, 0.3) is 0 Å². The predicted molar refractivity (Wildman–Crippen MR) is 91.9 cm³/mol. The minimum atomic E-state index is -0.377. The highest BCUT2D eigenvalue weighted by Gasteiger charge is 2.51. The second kappa shape index (κ2) is 5.84. The number of nitrogens with one attached hydrogen (secondary N) is 2. The first-order chi connectivity index (χ1) is 10.8. The van der Waals surface area contributed by atoms with Crippen LogP contribution >= 0.6 is 0 Å². The zero-order valence-electron chi connectivity index (χ0n) is 14.3. The molecular formula is C17H25BN2O3. The van der Waals surface area contributed by atoms with Crippen molar-refractivity contribution in [1.29, 1.82) is 0 Å². The summed E-state index contributed by atoms with van der Waals surface area (Å²) in [6, 6.07) is 7.45. The van der Waals surface area contributed by atoms with Gasteiger partial charge in [0.2, 0.25) is 0 Å². The van der Waals surface area contributed by atoms with Gasteiger partial charge in [-0.05, 0) is 64.1 Å². The smallest absolute Gasteiger partial charge is 0.399 e. The van der Waals surface area contributed by atoms with Crippen LogP contribution in [-0.2, 0) is 9.31 Å². The van der Waals surface area contributed by atoms with Gasteiger partial charge in [-0.15, -0.1) is 0 Å². The fourth-order valence-corrected chi connectivity index (χ4v) is 2.44. The van der Waals surface area contributed by atoms with Crippen LogP contribution in [0.2, 0.25) is 0 Å². The molecule has 1 saturated carbocycles. The topological polar surface area (TPSA) is 59.6 Å². The largest absolute Gasteiger partial charge is 0.494 e. The number of carbonyl (C=O) groups is 1. The van der Waals surface area contributed by atoms with Crippen LogP contribution in [0.5, 0.6) is 0 Å². The Labute approximate surface area is 138 Å². The highest BCUT2D eigenvalue weighted by atomic mass is 16.7. The first kappa shape index (κ1) is 16.3. The van der Waals surface area contributed by atoms with Gasteiger partial charge < -0.3 is 19.9 Å². The third kappa shape index (κ3) is 3.70. The van der Waals surface area contributed by atoms with Gasteiger partial charge in [0.05, 0.1) is 11.2 Å². The summed E-state index contributed by atoms with van der Waals surface area (Å²) >= 11 is 0. The molecule has 23 heavy (non-hydrogen) atoms. The van der Waals surface area contributed by atoms with Crippen molar-refractivity contribution in [3.8, 4) is 0 Å². The van der Waals surface area contributed by atoms with Gasteiger partial charge >= 0.3 is 13.1 Å².